The van der Waals surface area contributed by atoms with Crippen molar-refractivity contribution in [2.45, 2.75) is 0 Å². The zero-order valence-corrected chi connectivity index (χ0v) is 6.12. The Kier molecular flexibility index (Phi) is 2.62. The summed E-state index contributed by atoms with van der Waals surface area (Å²) in [4.78, 5) is 2.00. The van der Waals surface area contributed by atoms with Gasteiger partial charge in [-0.2, -0.15) is 0 Å². The molecule has 0 aliphatic rings. The molecular formula is C6H5ClF2N2. The molecular weight excluding hydrogens is 174 g/mol. The molecule has 0 unspecified atom stereocenters. The van der Waals surface area contributed by atoms with E-state index in [1.54, 1.807) is 0 Å². The third-order valence-corrected chi connectivity index (χ3v) is 1.21. The van der Waals surface area contributed by atoms with Crippen molar-refractivity contribution in [3.63, 3.8) is 0 Å². The molecule has 0 saturated carbocycles. The molecule has 0 amide bonds. The van der Waals surface area contributed by atoms with Crippen LogP contribution in [0.3, 0.4) is 0 Å². The van der Waals surface area contributed by atoms with Gasteiger partial charge in [0.2, 0.25) is 0 Å². The van der Waals surface area contributed by atoms with E-state index in [1.807, 2.05) is 4.94 Å². The van der Waals surface area contributed by atoms with Gasteiger partial charge in [-0.3, -0.25) is 0 Å². The second-order valence-corrected chi connectivity index (χ2v) is 2.03. The summed E-state index contributed by atoms with van der Waals surface area (Å²) in [6.07, 6.45) is 0. The fourth-order valence-corrected chi connectivity index (χ4v) is 0.744. The highest BCUT2D eigenvalue weighted by atomic mass is 35.5. The third kappa shape index (κ3) is 2.03. The van der Waals surface area contributed by atoms with Crippen molar-refractivity contribution >= 4 is 17.5 Å². The van der Waals surface area contributed by atoms with Crippen LogP contribution in [0.2, 0.25) is 0 Å². The standard InChI is InChI=1S/C6H5ClF2N2/c7-11-10-6-2-1-4(8)3-5(6)9/h1-3,10-11H. The van der Waals surface area contributed by atoms with Crippen molar-refractivity contribution in [1.82, 2.24) is 4.94 Å². The van der Waals surface area contributed by atoms with Crippen molar-refractivity contribution in [2.75, 3.05) is 5.43 Å². The number of hydrogen-bond acceptors (Lipinski definition) is 2. The summed E-state index contributed by atoms with van der Waals surface area (Å²) < 4.78 is 24.9. The summed E-state index contributed by atoms with van der Waals surface area (Å²) in [6.45, 7) is 0. The predicted octanol–water partition coefficient (Wildman–Crippen LogP) is 2.04. The van der Waals surface area contributed by atoms with Crippen LogP contribution in [0, 0.1) is 11.6 Å². The quantitative estimate of drug-likeness (QED) is 0.535. The number of hydrogen-bond donors (Lipinski definition) is 2. The lowest BCUT2D eigenvalue weighted by Gasteiger charge is -2.02. The first kappa shape index (κ1) is 8.23. The van der Waals surface area contributed by atoms with Crippen LogP contribution in [-0.2, 0) is 0 Å². The van der Waals surface area contributed by atoms with E-state index in [4.69, 9.17) is 11.8 Å². The molecule has 0 aliphatic heterocycles. The van der Waals surface area contributed by atoms with Gasteiger partial charge < -0.3 is 5.43 Å². The van der Waals surface area contributed by atoms with E-state index in [-0.39, 0.29) is 5.69 Å². The van der Waals surface area contributed by atoms with E-state index >= 15 is 0 Å². The van der Waals surface area contributed by atoms with E-state index < -0.39 is 11.6 Å². The maximum Gasteiger partial charge on any atom is 0.150 e. The first-order chi connectivity index (χ1) is 5.24. The predicted molar refractivity (Wildman–Crippen MR) is 39.0 cm³/mol. The van der Waals surface area contributed by atoms with E-state index in [0.29, 0.717) is 0 Å². The molecule has 0 fully saturated rings. The zero-order chi connectivity index (χ0) is 8.27. The Hall–Kier alpha value is -0.870. The minimum Gasteiger partial charge on any atom is -0.305 e. The van der Waals surface area contributed by atoms with Gasteiger partial charge in [0.1, 0.15) is 5.82 Å². The molecule has 2 nitrogen and oxygen atoms in total. The van der Waals surface area contributed by atoms with Crippen molar-refractivity contribution in [1.29, 1.82) is 0 Å². The Morgan fingerprint density at radius 2 is 2.00 bits per heavy atom. The van der Waals surface area contributed by atoms with Crippen LogP contribution in [0.25, 0.3) is 0 Å². The summed E-state index contributed by atoms with van der Waals surface area (Å²) in [5, 5.41) is 0. The van der Waals surface area contributed by atoms with Crippen LogP contribution >= 0.6 is 11.8 Å². The summed E-state index contributed by atoms with van der Waals surface area (Å²) in [7, 11) is 0. The molecule has 0 heterocycles. The molecule has 5 heteroatoms. The second-order valence-electron chi connectivity index (χ2n) is 1.84. The van der Waals surface area contributed by atoms with E-state index in [2.05, 4.69) is 5.43 Å². The molecule has 1 aromatic rings. The van der Waals surface area contributed by atoms with Crippen molar-refractivity contribution < 1.29 is 8.78 Å². The highest BCUT2D eigenvalue weighted by Crippen LogP contribution is 2.13. The fourth-order valence-electron chi connectivity index (χ4n) is 0.642. The molecule has 1 rings (SSSR count). The highest BCUT2D eigenvalue weighted by molar-refractivity contribution is 6.13. The maximum absolute atomic E-state index is 12.6. The molecule has 0 spiro atoms. The molecule has 0 radical (unpaired) electrons. The lowest BCUT2D eigenvalue weighted by molar-refractivity contribution is 0.585. The minimum absolute atomic E-state index is 0.0985. The molecule has 0 aromatic heterocycles. The number of rotatable bonds is 2. The van der Waals surface area contributed by atoms with Crippen molar-refractivity contribution in [3.05, 3.63) is 29.8 Å². The highest BCUT2D eigenvalue weighted by Gasteiger charge is 2.00. The molecule has 2 N–H and O–H groups in total. The number of hydrazine groups is 1. The van der Waals surface area contributed by atoms with E-state index in [0.717, 1.165) is 12.1 Å². The van der Waals surface area contributed by atoms with Gasteiger partial charge in [0, 0.05) is 6.07 Å². The van der Waals surface area contributed by atoms with Crippen molar-refractivity contribution in [2.24, 2.45) is 0 Å². The minimum atomic E-state index is -0.696. The Balaban J connectivity index is 2.90. The molecule has 11 heavy (non-hydrogen) atoms. The van der Waals surface area contributed by atoms with Gasteiger partial charge in [0.15, 0.2) is 5.82 Å². The fraction of sp³-hybridized carbons (Fsp3) is 0. The lowest BCUT2D eigenvalue weighted by atomic mass is 10.3. The van der Waals surface area contributed by atoms with Gasteiger partial charge in [-0.15, -0.1) is 4.94 Å². The van der Waals surface area contributed by atoms with Gasteiger partial charge >= 0.3 is 0 Å². The Bertz CT molecular complexity index is 254. The second kappa shape index (κ2) is 3.50. The van der Waals surface area contributed by atoms with Gasteiger partial charge in [0.05, 0.1) is 5.69 Å². The number of anilines is 1. The molecule has 0 bridgehead atoms. The Morgan fingerprint density at radius 3 is 2.55 bits per heavy atom. The molecule has 60 valence electrons. The molecule has 0 saturated heterocycles. The average Bonchev–Trinajstić information content (AvgIpc) is 1.95. The number of benzene rings is 1. The van der Waals surface area contributed by atoms with Crippen LogP contribution in [0.5, 0.6) is 0 Å². The van der Waals surface area contributed by atoms with Gasteiger partial charge in [0.25, 0.3) is 0 Å². The van der Waals surface area contributed by atoms with Crippen LogP contribution in [0.15, 0.2) is 18.2 Å². The largest absolute Gasteiger partial charge is 0.305 e. The van der Waals surface area contributed by atoms with Crippen molar-refractivity contribution in [3.8, 4) is 0 Å². The average molecular weight is 179 g/mol. The molecule has 0 aliphatic carbocycles. The monoisotopic (exact) mass is 178 g/mol. The van der Waals surface area contributed by atoms with Crippen LogP contribution < -0.4 is 10.4 Å². The van der Waals surface area contributed by atoms with Crippen LogP contribution in [0.4, 0.5) is 14.5 Å². The summed E-state index contributed by atoms with van der Waals surface area (Å²) >= 11 is 5.03. The van der Waals surface area contributed by atoms with Crippen LogP contribution in [0.1, 0.15) is 0 Å². The van der Waals surface area contributed by atoms with E-state index in [1.165, 1.54) is 6.07 Å². The number of halogens is 3. The third-order valence-electron chi connectivity index (χ3n) is 1.11. The first-order valence-corrected chi connectivity index (χ1v) is 3.18. The SMILES string of the molecule is Fc1ccc(NNCl)c(F)c1. The maximum atomic E-state index is 12.6. The number of nitrogens with one attached hydrogen (secondary N) is 2. The Labute approximate surface area is 67.2 Å². The zero-order valence-electron chi connectivity index (χ0n) is 5.37. The van der Waals surface area contributed by atoms with Gasteiger partial charge in [-0.1, -0.05) is 0 Å². The summed E-state index contributed by atoms with van der Waals surface area (Å²) in [5.41, 5.74) is 2.38. The molecule has 0 atom stereocenters. The molecule has 1 aromatic carbocycles. The summed E-state index contributed by atoms with van der Waals surface area (Å²) in [6, 6.07) is 3.12. The topological polar surface area (TPSA) is 24.1 Å². The van der Waals surface area contributed by atoms with Gasteiger partial charge in [-0.05, 0) is 23.9 Å². The van der Waals surface area contributed by atoms with Gasteiger partial charge in [-0.25, -0.2) is 8.78 Å². The van der Waals surface area contributed by atoms with E-state index in [9.17, 15) is 8.78 Å². The smallest absolute Gasteiger partial charge is 0.150 e. The lowest BCUT2D eigenvalue weighted by Crippen LogP contribution is -2.10. The summed E-state index contributed by atoms with van der Waals surface area (Å²) in [5.74, 6) is -1.32. The Morgan fingerprint density at radius 1 is 1.27 bits per heavy atom. The van der Waals surface area contributed by atoms with Crippen LogP contribution in [-0.4, -0.2) is 0 Å². The first-order valence-electron chi connectivity index (χ1n) is 2.80. The normalized spacial score (nSPS) is 9.73.